The molecule has 0 amide bonds. The fraction of sp³-hybridized carbons (Fsp3) is 0.200. The molecule has 94 valence electrons. The Hall–Kier alpha value is -1.51. The first-order chi connectivity index (χ1) is 8.69. The summed E-state index contributed by atoms with van der Waals surface area (Å²) in [5.41, 5.74) is 8.41. The molecule has 2 N–H and O–H groups in total. The van der Waals surface area contributed by atoms with Gasteiger partial charge < -0.3 is 10.5 Å². The molecular formula is C15H16ClNO. The Morgan fingerprint density at radius 3 is 2.50 bits per heavy atom. The zero-order valence-electron chi connectivity index (χ0n) is 10.3. The third kappa shape index (κ3) is 3.25. The van der Waals surface area contributed by atoms with E-state index in [1.165, 1.54) is 5.56 Å². The highest BCUT2D eigenvalue weighted by atomic mass is 35.5. The van der Waals surface area contributed by atoms with Gasteiger partial charge in [0.05, 0.1) is 7.11 Å². The van der Waals surface area contributed by atoms with Gasteiger partial charge in [0.15, 0.2) is 0 Å². The van der Waals surface area contributed by atoms with Gasteiger partial charge in [-0.1, -0.05) is 35.9 Å². The summed E-state index contributed by atoms with van der Waals surface area (Å²) < 4.78 is 5.13. The van der Waals surface area contributed by atoms with Crippen molar-refractivity contribution in [3.05, 3.63) is 64.7 Å². The van der Waals surface area contributed by atoms with Crippen LogP contribution in [0.25, 0.3) is 0 Å². The van der Waals surface area contributed by atoms with Gasteiger partial charge in [0.2, 0.25) is 0 Å². The molecule has 0 aliphatic heterocycles. The van der Waals surface area contributed by atoms with Crippen LogP contribution < -0.4 is 10.5 Å². The minimum absolute atomic E-state index is 0.0444. The summed E-state index contributed by atoms with van der Waals surface area (Å²) in [6, 6.07) is 15.6. The van der Waals surface area contributed by atoms with E-state index >= 15 is 0 Å². The molecule has 1 unspecified atom stereocenters. The molecule has 0 aliphatic carbocycles. The predicted octanol–water partition coefficient (Wildman–Crippen LogP) is 3.59. The summed E-state index contributed by atoms with van der Waals surface area (Å²) in [5, 5.41) is 0.720. The molecule has 2 aromatic rings. The van der Waals surface area contributed by atoms with Gasteiger partial charge in [0, 0.05) is 11.1 Å². The van der Waals surface area contributed by atoms with E-state index in [0.717, 1.165) is 22.8 Å². The van der Waals surface area contributed by atoms with Crippen molar-refractivity contribution in [2.75, 3.05) is 7.11 Å². The molecule has 2 aromatic carbocycles. The molecule has 0 saturated carbocycles. The Kier molecular flexibility index (Phi) is 4.24. The van der Waals surface area contributed by atoms with Gasteiger partial charge in [0.1, 0.15) is 5.75 Å². The van der Waals surface area contributed by atoms with Crippen LogP contribution in [0, 0.1) is 0 Å². The normalized spacial score (nSPS) is 12.2. The van der Waals surface area contributed by atoms with Gasteiger partial charge in [-0.05, 0) is 41.8 Å². The molecule has 0 spiro atoms. The lowest BCUT2D eigenvalue weighted by Crippen LogP contribution is -2.13. The second-order valence-electron chi connectivity index (χ2n) is 4.21. The second kappa shape index (κ2) is 5.89. The monoisotopic (exact) mass is 261 g/mol. The average molecular weight is 262 g/mol. The average Bonchev–Trinajstić information content (AvgIpc) is 2.39. The first kappa shape index (κ1) is 12.9. The molecule has 0 saturated heterocycles. The molecule has 0 aromatic heterocycles. The Bertz CT molecular complexity index is 510. The third-order valence-corrected chi connectivity index (χ3v) is 3.13. The van der Waals surface area contributed by atoms with Crippen molar-refractivity contribution >= 4 is 11.6 Å². The standard InChI is InChI=1S/C15H16ClNO/c1-18-14-7-5-11(6-8-14)9-15(17)12-3-2-4-13(16)10-12/h2-8,10,15H,9,17H2,1H3. The van der Waals surface area contributed by atoms with Crippen LogP contribution >= 0.6 is 11.6 Å². The Balaban J connectivity index is 2.08. The fourth-order valence-corrected chi connectivity index (χ4v) is 2.07. The van der Waals surface area contributed by atoms with Crippen molar-refractivity contribution in [2.24, 2.45) is 5.73 Å². The van der Waals surface area contributed by atoms with Crippen molar-refractivity contribution in [1.82, 2.24) is 0 Å². The van der Waals surface area contributed by atoms with Crippen molar-refractivity contribution in [1.29, 1.82) is 0 Å². The summed E-state index contributed by atoms with van der Waals surface area (Å²) in [7, 11) is 1.66. The summed E-state index contributed by atoms with van der Waals surface area (Å²) in [5.74, 6) is 0.857. The van der Waals surface area contributed by atoms with Crippen LogP contribution in [0.5, 0.6) is 5.75 Å². The van der Waals surface area contributed by atoms with Crippen LogP contribution in [0.4, 0.5) is 0 Å². The Morgan fingerprint density at radius 1 is 1.17 bits per heavy atom. The largest absolute Gasteiger partial charge is 0.497 e. The molecule has 18 heavy (non-hydrogen) atoms. The van der Waals surface area contributed by atoms with Crippen LogP contribution in [0.2, 0.25) is 5.02 Å². The number of ether oxygens (including phenoxy) is 1. The summed E-state index contributed by atoms with van der Waals surface area (Å²) in [6.45, 7) is 0. The van der Waals surface area contributed by atoms with E-state index in [0.29, 0.717) is 0 Å². The lowest BCUT2D eigenvalue weighted by Gasteiger charge is -2.12. The topological polar surface area (TPSA) is 35.2 Å². The molecule has 0 aliphatic rings. The maximum absolute atomic E-state index is 6.18. The van der Waals surface area contributed by atoms with E-state index in [4.69, 9.17) is 22.1 Å². The number of rotatable bonds is 4. The van der Waals surface area contributed by atoms with E-state index in [2.05, 4.69) is 0 Å². The van der Waals surface area contributed by atoms with Crippen molar-refractivity contribution in [2.45, 2.75) is 12.5 Å². The number of halogens is 1. The SMILES string of the molecule is COc1ccc(CC(N)c2cccc(Cl)c2)cc1. The van der Waals surface area contributed by atoms with Crippen LogP contribution in [0.15, 0.2) is 48.5 Å². The van der Waals surface area contributed by atoms with Crippen molar-refractivity contribution < 1.29 is 4.74 Å². The second-order valence-corrected chi connectivity index (χ2v) is 4.65. The summed E-state index contributed by atoms with van der Waals surface area (Å²) >= 11 is 5.96. The molecule has 0 heterocycles. The van der Waals surface area contributed by atoms with Crippen molar-refractivity contribution in [3.8, 4) is 5.75 Å². The Morgan fingerprint density at radius 2 is 1.89 bits per heavy atom. The van der Waals surface area contributed by atoms with Gasteiger partial charge in [-0.3, -0.25) is 0 Å². The molecular weight excluding hydrogens is 246 g/mol. The van der Waals surface area contributed by atoms with Crippen LogP contribution in [0.3, 0.4) is 0 Å². The summed E-state index contributed by atoms with van der Waals surface area (Å²) in [6.07, 6.45) is 0.782. The smallest absolute Gasteiger partial charge is 0.118 e. The zero-order valence-corrected chi connectivity index (χ0v) is 11.0. The summed E-state index contributed by atoms with van der Waals surface area (Å²) in [4.78, 5) is 0. The highest BCUT2D eigenvalue weighted by Crippen LogP contribution is 2.20. The lowest BCUT2D eigenvalue weighted by molar-refractivity contribution is 0.414. The van der Waals surface area contributed by atoms with Gasteiger partial charge in [0.25, 0.3) is 0 Å². The van der Waals surface area contributed by atoms with Gasteiger partial charge in [-0.2, -0.15) is 0 Å². The lowest BCUT2D eigenvalue weighted by atomic mass is 10.00. The van der Waals surface area contributed by atoms with Gasteiger partial charge in [-0.15, -0.1) is 0 Å². The maximum atomic E-state index is 6.18. The van der Waals surface area contributed by atoms with E-state index < -0.39 is 0 Å². The van der Waals surface area contributed by atoms with Crippen LogP contribution in [-0.4, -0.2) is 7.11 Å². The van der Waals surface area contributed by atoms with E-state index in [9.17, 15) is 0 Å². The molecule has 0 fully saturated rings. The number of methoxy groups -OCH3 is 1. The number of benzene rings is 2. The number of nitrogens with two attached hydrogens (primary N) is 1. The van der Waals surface area contributed by atoms with Crippen LogP contribution in [-0.2, 0) is 6.42 Å². The van der Waals surface area contributed by atoms with Gasteiger partial charge in [-0.25, -0.2) is 0 Å². The molecule has 0 bridgehead atoms. The molecule has 2 rings (SSSR count). The number of hydrogen-bond donors (Lipinski definition) is 1. The first-order valence-electron chi connectivity index (χ1n) is 5.83. The highest BCUT2D eigenvalue weighted by molar-refractivity contribution is 6.30. The quantitative estimate of drug-likeness (QED) is 0.913. The van der Waals surface area contributed by atoms with E-state index in [-0.39, 0.29) is 6.04 Å². The molecule has 0 radical (unpaired) electrons. The number of hydrogen-bond acceptors (Lipinski definition) is 2. The Labute approximate surface area is 112 Å². The molecule has 1 atom stereocenters. The minimum Gasteiger partial charge on any atom is -0.497 e. The van der Waals surface area contributed by atoms with Crippen LogP contribution in [0.1, 0.15) is 17.2 Å². The van der Waals surface area contributed by atoms with E-state index in [1.807, 2.05) is 48.5 Å². The van der Waals surface area contributed by atoms with Gasteiger partial charge >= 0.3 is 0 Å². The molecule has 2 nitrogen and oxygen atoms in total. The predicted molar refractivity (Wildman–Crippen MR) is 75.1 cm³/mol. The first-order valence-corrected chi connectivity index (χ1v) is 6.21. The van der Waals surface area contributed by atoms with Crippen molar-refractivity contribution in [3.63, 3.8) is 0 Å². The highest BCUT2D eigenvalue weighted by Gasteiger charge is 2.07. The third-order valence-electron chi connectivity index (χ3n) is 2.89. The maximum Gasteiger partial charge on any atom is 0.118 e. The minimum atomic E-state index is -0.0444. The van der Waals surface area contributed by atoms with E-state index in [1.54, 1.807) is 7.11 Å². The molecule has 3 heteroatoms. The zero-order chi connectivity index (χ0) is 13.0. The fourth-order valence-electron chi connectivity index (χ4n) is 1.87.